The summed E-state index contributed by atoms with van der Waals surface area (Å²) in [5, 5.41) is 21.0. The number of hydrogen-bond acceptors (Lipinski definition) is 2. The van der Waals surface area contributed by atoms with Crippen LogP contribution in [0.1, 0.15) is 37.7 Å². The van der Waals surface area contributed by atoms with E-state index in [2.05, 4.69) is 0 Å². The van der Waals surface area contributed by atoms with Crippen molar-refractivity contribution < 1.29 is 19.8 Å². The van der Waals surface area contributed by atoms with Gasteiger partial charge in [-0.05, 0) is 73.5 Å². The lowest BCUT2D eigenvalue weighted by molar-refractivity contribution is -0.136. The number of aromatic nitrogens is 1. The summed E-state index contributed by atoms with van der Waals surface area (Å²) in [5.41, 5.74) is 2.58. The molecular weight excluding hydrogens is 366 g/mol. The molecule has 1 aromatic carbocycles. The van der Waals surface area contributed by atoms with Crippen molar-refractivity contribution in [1.82, 2.24) is 4.57 Å². The molecule has 6 rings (SSSR count). The van der Waals surface area contributed by atoms with Gasteiger partial charge in [-0.1, -0.05) is 18.2 Å². The summed E-state index contributed by atoms with van der Waals surface area (Å²) in [5.74, 6) is -0.448. The molecule has 5 heteroatoms. The maximum absolute atomic E-state index is 12.4. The zero-order valence-electron chi connectivity index (χ0n) is 16.5. The van der Waals surface area contributed by atoms with E-state index in [1.165, 1.54) is 6.42 Å². The van der Waals surface area contributed by atoms with Crippen LogP contribution in [0.4, 0.5) is 0 Å². The van der Waals surface area contributed by atoms with Crippen LogP contribution in [0.5, 0.6) is 0 Å². The third-order valence-corrected chi connectivity index (χ3v) is 7.25. The second kappa shape index (κ2) is 6.61. The SMILES string of the molecule is Cn1cc(C=C(C(=O)O)C(C(=O)O)=C2C3CC4CC(C3)CC2C4)c2ccccc21. The Kier molecular flexibility index (Phi) is 4.16. The average molecular weight is 391 g/mol. The molecule has 0 spiro atoms. The molecule has 0 amide bonds. The van der Waals surface area contributed by atoms with E-state index in [1.54, 1.807) is 6.08 Å². The highest BCUT2D eigenvalue weighted by Gasteiger charge is 2.47. The van der Waals surface area contributed by atoms with Crippen LogP contribution >= 0.6 is 0 Å². The van der Waals surface area contributed by atoms with Crippen molar-refractivity contribution in [3.63, 3.8) is 0 Å². The van der Waals surface area contributed by atoms with E-state index in [9.17, 15) is 19.8 Å². The van der Waals surface area contributed by atoms with Crippen LogP contribution in [-0.2, 0) is 16.6 Å². The lowest BCUT2D eigenvalue weighted by atomic mass is 9.53. The second-order valence-corrected chi connectivity index (χ2v) is 9.02. The molecule has 2 aromatic rings. The number of allylic oxidation sites excluding steroid dienone is 1. The predicted molar refractivity (Wildman–Crippen MR) is 110 cm³/mol. The summed E-state index contributed by atoms with van der Waals surface area (Å²) >= 11 is 0. The van der Waals surface area contributed by atoms with Gasteiger partial charge in [0.25, 0.3) is 0 Å². The van der Waals surface area contributed by atoms with Gasteiger partial charge in [-0.2, -0.15) is 0 Å². The number of nitrogens with zero attached hydrogens (tertiary/aromatic N) is 1. The molecule has 5 nitrogen and oxygen atoms in total. The first kappa shape index (κ1) is 18.2. The summed E-state index contributed by atoms with van der Waals surface area (Å²) < 4.78 is 1.94. The molecule has 4 aliphatic carbocycles. The van der Waals surface area contributed by atoms with Crippen molar-refractivity contribution in [2.45, 2.75) is 32.1 Å². The molecule has 0 unspecified atom stereocenters. The third kappa shape index (κ3) is 2.91. The van der Waals surface area contributed by atoms with Gasteiger partial charge in [-0.3, -0.25) is 0 Å². The Morgan fingerprint density at radius 2 is 1.59 bits per heavy atom. The predicted octanol–water partition coefficient (Wildman–Crippen LogP) is 4.48. The number of carbonyl (C=O) groups is 2. The molecule has 4 saturated carbocycles. The zero-order chi connectivity index (χ0) is 20.3. The number of hydrogen-bond donors (Lipinski definition) is 2. The van der Waals surface area contributed by atoms with Crippen LogP contribution < -0.4 is 0 Å². The van der Waals surface area contributed by atoms with Gasteiger partial charge >= 0.3 is 11.9 Å². The Morgan fingerprint density at radius 3 is 2.17 bits per heavy atom. The van der Waals surface area contributed by atoms with E-state index in [-0.39, 0.29) is 23.0 Å². The molecule has 0 aliphatic heterocycles. The van der Waals surface area contributed by atoms with Crippen molar-refractivity contribution in [2.24, 2.45) is 30.7 Å². The van der Waals surface area contributed by atoms with Crippen LogP contribution in [0.25, 0.3) is 17.0 Å². The highest BCUT2D eigenvalue weighted by molar-refractivity contribution is 6.10. The van der Waals surface area contributed by atoms with E-state index in [4.69, 9.17) is 0 Å². The summed E-state index contributed by atoms with van der Waals surface area (Å²) in [6, 6.07) is 7.76. The number of carboxylic acids is 2. The first-order chi connectivity index (χ1) is 13.9. The standard InChI is InChI=1S/C24H25NO4/c1-25-12-17(18-4-2-3-5-20(18)25)11-19(23(26)27)22(24(28)29)21-15-7-13-6-14(9-15)10-16(21)8-13/h2-5,11-16H,6-10H2,1H3,(H,26,27)(H,28,29). The Morgan fingerprint density at radius 1 is 0.966 bits per heavy atom. The quantitative estimate of drug-likeness (QED) is 0.753. The van der Waals surface area contributed by atoms with E-state index >= 15 is 0 Å². The summed E-state index contributed by atoms with van der Waals surface area (Å²) in [6.45, 7) is 0. The van der Waals surface area contributed by atoms with Crippen LogP contribution in [-0.4, -0.2) is 26.7 Å². The maximum Gasteiger partial charge on any atom is 0.336 e. The summed E-state index contributed by atoms with van der Waals surface area (Å²) in [7, 11) is 1.91. The highest BCUT2D eigenvalue weighted by Crippen LogP contribution is 2.57. The van der Waals surface area contributed by atoms with Gasteiger partial charge in [-0.25, -0.2) is 9.59 Å². The second-order valence-electron chi connectivity index (χ2n) is 9.02. The molecule has 4 fully saturated rings. The van der Waals surface area contributed by atoms with Crippen molar-refractivity contribution in [2.75, 3.05) is 0 Å². The molecule has 29 heavy (non-hydrogen) atoms. The van der Waals surface area contributed by atoms with Crippen molar-refractivity contribution >= 4 is 28.9 Å². The smallest absolute Gasteiger partial charge is 0.336 e. The van der Waals surface area contributed by atoms with E-state index in [0.29, 0.717) is 11.8 Å². The Balaban J connectivity index is 1.69. The van der Waals surface area contributed by atoms with Gasteiger partial charge in [0.2, 0.25) is 0 Å². The van der Waals surface area contributed by atoms with Crippen LogP contribution in [0.2, 0.25) is 0 Å². The summed E-state index contributed by atoms with van der Waals surface area (Å²) in [6.07, 6.45) is 8.75. The van der Waals surface area contributed by atoms with E-state index in [1.807, 2.05) is 42.1 Å². The largest absolute Gasteiger partial charge is 0.478 e. The Labute approximate surface area is 169 Å². The molecular formula is C24H25NO4. The van der Waals surface area contributed by atoms with E-state index in [0.717, 1.165) is 47.7 Å². The lowest BCUT2D eigenvalue weighted by Gasteiger charge is -2.52. The third-order valence-electron chi connectivity index (χ3n) is 7.25. The number of benzene rings is 1. The molecule has 0 saturated heterocycles. The number of para-hydroxylation sites is 1. The van der Waals surface area contributed by atoms with Gasteiger partial charge < -0.3 is 14.8 Å². The fourth-order valence-corrected chi connectivity index (χ4v) is 6.38. The van der Waals surface area contributed by atoms with Gasteiger partial charge in [-0.15, -0.1) is 0 Å². The minimum atomic E-state index is -1.17. The number of aryl methyl sites for hydroxylation is 1. The first-order valence-corrected chi connectivity index (χ1v) is 10.4. The molecule has 0 atom stereocenters. The van der Waals surface area contributed by atoms with Gasteiger partial charge in [0.1, 0.15) is 0 Å². The molecule has 1 heterocycles. The fourth-order valence-electron chi connectivity index (χ4n) is 6.38. The molecule has 2 N–H and O–H groups in total. The average Bonchev–Trinajstić information content (AvgIpc) is 2.98. The molecule has 150 valence electrons. The van der Waals surface area contributed by atoms with E-state index < -0.39 is 11.9 Å². The monoisotopic (exact) mass is 391 g/mol. The Hall–Kier alpha value is -2.82. The molecule has 1 aromatic heterocycles. The topological polar surface area (TPSA) is 79.5 Å². The Bertz CT molecular complexity index is 1060. The maximum atomic E-state index is 12.4. The summed E-state index contributed by atoms with van der Waals surface area (Å²) in [4.78, 5) is 24.6. The van der Waals surface area contributed by atoms with Crippen molar-refractivity contribution in [3.8, 4) is 0 Å². The number of aliphatic carboxylic acids is 2. The first-order valence-electron chi connectivity index (χ1n) is 10.4. The lowest BCUT2D eigenvalue weighted by Crippen LogP contribution is -2.41. The van der Waals surface area contributed by atoms with Crippen LogP contribution in [0, 0.1) is 23.7 Å². The van der Waals surface area contributed by atoms with Gasteiger partial charge in [0.15, 0.2) is 0 Å². The van der Waals surface area contributed by atoms with Crippen LogP contribution in [0.15, 0.2) is 47.2 Å². The highest BCUT2D eigenvalue weighted by atomic mass is 16.4. The number of rotatable bonds is 4. The fraction of sp³-hybridized carbons (Fsp3) is 0.417. The molecule has 0 radical (unpaired) electrons. The molecule has 4 bridgehead atoms. The number of fused-ring (bicyclic) bond motifs is 1. The van der Waals surface area contributed by atoms with Crippen molar-refractivity contribution in [3.05, 3.63) is 52.7 Å². The van der Waals surface area contributed by atoms with Gasteiger partial charge in [0, 0.05) is 29.7 Å². The molecule has 4 aliphatic rings. The van der Waals surface area contributed by atoms with Crippen molar-refractivity contribution in [1.29, 1.82) is 0 Å². The normalized spacial score (nSPS) is 28.2. The zero-order valence-corrected chi connectivity index (χ0v) is 16.5. The minimum Gasteiger partial charge on any atom is -0.478 e. The van der Waals surface area contributed by atoms with Gasteiger partial charge in [0.05, 0.1) is 11.1 Å². The number of carboxylic acid groups (broad SMARTS) is 2. The van der Waals surface area contributed by atoms with Crippen LogP contribution in [0.3, 0.4) is 0 Å². The minimum absolute atomic E-state index is 0.0410.